The summed E-state index contributed by atoms with van der Waals surface area (Å²) in [7, 11) is 3.51. The van der Waals surface area contributed by atoms with Gasteiger partial charge in [-0.3, -0.25) is 9.59 Å². The smallest absolute Gasteiger partial charge is 0.245 e. The second-order valence-electron chi connectivity index (χ2n) is 10.4. The third-order valence-corrected chi connectivity index (χ3v) is 8.25. The van der Waals surface area contributed by atoms with E-state index >= 15 is 0 Å². The normalized spacial score (nSPS) is 34.3. The minimum absolute atomic E-state index is 0.0846. The molecule has 0 aromatic heterocycles. The molecule has 0 N–H and O–H groups in total. The number of hydrogen-bond acceptors (Lipinski definition) is 3. The van der Waals surface area contributed by atoms with E-state index in [4.69, 9.17) is 4.74 Å². The van der Waals surface area contributed by atoms with Crippen molar-refractivity contribution >= 4 is 11.8 Å². The van der Waals surface area contributed by atoms with Crippen LogP contribution in [0.5, 0.6) is 5.75 Å². The minimum Gasteiger partial charge on any atom is -0.497 e. The lowest BCUT2D eigenvalue weighted by molar-refractivity contribution is -0.161. The molecule has 1 heterocycles. The number of nitrogens with zero attached hydrogens (tertiary/aromatic N) is 2. The summed E-state index contributed by atoms with van der Waals surface area (Å²) in [6.45, 7) is 1.30. The Hall–Kier alpha value is -2.04. The number of ether oxygens (including phenoxy) is 1. The van der Waals surface area contributed by atoms with Crippen LogP contribution in [0.25, 0.3) is 0 Å². The number of likely N-dealkylation sites (tertiary alicyclic amines) is 1. The van der Waals surface area contributed by atoms with Gasteiger partial charge in [0.05, 0.1) is 12.5 Å². The van der Waals surface area contributed by atoms with Gasteiger partial charge >= 0.3 is 0 Å². The van der Waals surface area contributed by atoms with Crippen molar-refractivity contribution in [3.05, 3.63) is 29.8 Å². The quantitative estimate of drug-likeness (QED) is 0.741. The standard InChI is InChI=1S/C25H34N2O3/c1-26(16-17-5-7-21(30-2)8-6-17)23(28)22-4-3-9-27(22)24(29)25-13-18-10-19(14-25)12-20(11-18)15-25/h5-8,18-20,22H,3-4,9-16H2,1-2H3. The zero-order valence-corrected chi connectivity index (χ0v) is 18.3. The van der Waals surface area contributed by atoms with Crippen LogP contribution in [0.1, 0.15) is 56.9 Å². The number of amides is 2. The Morgan fingerprint density at radius 3 is 2.23 bits per heavy atom. The molecule has 4 aliphatic carbocycles. The summed E-state index contributed by atoms with van der Waals surface area (Å²) < 4.78 is 5.22. The van der Waals surface area contributed by atoms with Crippen LogP contribution in [0, 0.1) is 23.2 Å². The van der Waals surface area contributed by atoms with Crippen LogP contribution in [-0.4, -0.2) is 48.4 Å². The van der Waals surface area contributed by atoms with Gasteiger partial charge in [-0.1, -0.05) is 12.1 Å². The molecule has 1 aliphatic heterocycles. The van der Waals surface area contributed by atoms with Crippen molar-refractivity contribution in [3.63, 3.8) is 0 Å². The third kappa shape index (κ3) is 3.40. The Balaban J connectivity index is 1.28. The molecular weight excluding hydrogens is 376 g/mol. The Labute approximate surface area is 179 Å². The fraction of sp³-hybridized carbons (Fsp3) is 0.680. The minimum atomic E-state index is -0.284. The molecule has 1 aromatic carbocycles. The Morgan fingerprint density at radius 1 is 1.07 bits per heavy atom. The van der Waals surface area contributed by atoms with Crippen molar-refractivity contribution in [2.75, 3.05) is 20.7 Å². The maximum absolute atomic E-state index is 13.8. The maximum Gasteiger partial charge on any atom is 0.245 e. The summed E-state index contributed by atoms with van der Waals surface area (Å²) >= 11 is 0. The summed E-state index contributed by atoms with van der Waals surface area (Å²) in [5, 5.41) is 0. The largest absolute Gasteiger partial charge is 0.497 e. The second-order valence-corrected chi connectivity index (χ2v) is 10.4. The molecule has 2 amide bonds. The molecule has 1 unspecified atom stereocenters. The fourth-order valence-electron chi connectivity index (χ4n) is 7.28. The van der Waals surface area contributed by atoms with Crippen molar-refractivity contribution < 1.29 is 14.3 Å². The highest BCUT2D eigenvalue weighted by Gasteiger charge is 2.56. The zero-order valence-electron chi connectivity index (χ0n) is 18.3. The molecule has 5 heteroatoms. The van der Waals surface area contributed by atoms with Gasteiger partial charge in [0.2, 0.25) is 11.8 Å². The predicted octanol–water partition coefficient (Wildman–Crippen LogP) is 3.86. The maximum atomic E-state index is 13.8. The summed E-state index contributed by atoms with van der Waals surface area (Å²) in [4.78, 5) is 30.9. The molecular formula is C25H34N2O3. The number of benzene rings is 1. The van der Waals surface area contributed by atoms with E-state index in [0.717, 1.165) is 67.7 Å². The molecule has 4 saturated carbocycles. The first kappa shape index (κ1) is 19.9. The Kier molecular flexibility index (Phi) is 5.03. The number of methoxy groups -OCH3 is 1. The molecule has 1 saturated heterocycles. The molecule has 0 spiro atoms. The van der Waals surface area contributed by atoms with Gasteiger partial charge in [0, 0.05) is 20.1 Å². The molecule has 4 bridgehead atoms. The van der Waals surface area contributed by atoms with Crippen LogP contribution in [0.2, 0.25) is 0 Å². The van der Waals surface area contributed by atoms with Gasteiger partial charge in [-0.2, -0.15) is 0 Å². The van der Waals surface area contributed by atoms with Crippen molar-refractivity contribution in [1.29, 1.82) is 0 Å². The van der Waals surface area contributed by atoms with Crippen LogP contribution in [-0.2, 0) is 16.1 Å². The first-order chi connectivity index (χ1) is 14.5. The van der Waals surface area contributed by atoms with E-state index in [0.29, 0.717) is 12.5 Å². The molecule has 0 radical (unpaired) electrons. The van der Waals surface area contributed by atoms with Gasteiger partial charge in [-0.15, -0.1) is 0 Å². The predicted molar refractivity (Wildman–Crippen MR) is 115 cm³/mol. The van der Waals surface area contributed by atoms with Crippen molar-refractivity contribution in [1.82, 2.24) is 9.80 Å². The highest BCUT2D eigenvalue weighted by molar-refractivity contribution is 5.91. The van der Waals surface area contributed by atoms with E-state index in [2.05, 4.69) is 0 Å². The Morgan fingerprint density at radius 2 is 1.67 bits per heavy atom. The lowest BCUT2D eigenvalue weighted by Crippen LogP contribution is -2.57. The zero-order chi connectivity index (χ0) is 20.9. The molecule has 5 fully saturated rings. The average molecular weight is 411 g/mol. The van der Waals surface area contributed by atoms with E-state index in [1.54, 1.807) is 12.0 Å². The number of carbonyl (C=O) groups excluding carboxylic acids is 2. The van der Waals surface area contributed by atoms with E-state index in [1.807, 2.05) is 36.2 Å². The highest BCUT2D eigenvalue weighted by Crippen LogP contribution is 2.60. The van der Waals surface area contributed by atoms with Crippen LogP contribution in [0.3, 0.4) is 0 Å². The van der Waals surface area contributed by atoms with Gasteiger partial charge in [-0.25, -0.2) is 0 Å². The summed E-state index contributed by atoms with van der Waals surface area (Å²) in [5.74, 6) is 3.44. The number of likely N-dealkylation sites (N-methyl/N-ethyl adjacent to an activating group) is 1. The van der Waals surface area contributed by atoms with Crippen LogP contribution in [0.4, 0.5) is 0 Å². The molecule has 6 rings (SSSR count). The number of rotatable bonds is 5. The topological polar surface area (TPSA) is 49.9 Å². The summed E-state index contributed by atoms with van der Waals surface area (Å²) in [5.41, 5.74) is 0.912. The monoisotopic (exact) mass is 410 g/mol. The molecule has 30 heavy (non-hydrogen) atoms. The first-order valence-electron chi connectivity index (χ1n) is 11.7. The van der Waals surface area contributed by atoms with E-state index in [9.17, 15) is 9.59 Å². The number of hydrogen-bond donors (Lipinski definition) is 0. The molecule has 162 valence electrons. The molecule has 5 nitrogen and oxygen atoms in total. The third-order valence-electron chi connectivity index (χ3n) is 8.25. The SMILES string of the molecule is COc1ccc(CN(C)C(=O)C2CCCN2C(=O)C23CC4CC(CC(C4)C2)C3)cc1. The summed E-state index contributed by atoms with van der Waals surface area (Å²) in [6, 6.07) is 7.55. The fourth-order valence-corrected chi connectivity index (χ4v) is 7.28. The summed E-state index contributed by atoms with van der Waals surface area (Å²) in [6.07, 6.45) is 8.93. The van der Waals surface area contributed by atoms with Gasteiger partial charge in [0.1, 0.15) is 11.8 Å². The van der Waals surface area contributed by atoms with E-state index in [1.165, 1.54) is 19.3 Å². The van der Waals surface area contributed by atoms with Crippen LogP contribution < -0.4 is 4.74 Å². The van der Waals surface area contributed by atoms with Gasteiger partial charge < -0.3 is 14.5 Å². The van der Waals surface area contributed by atoms with Crippen LogP contribution >= 0.6 is 0 Å². The van der Waals surface area contributed by atoms with E-state index < -0.39 is 0 Å². The van der Waals surface area contributed by atoms with Crippen molar-refractivity contribution in [3.8, 4) is 5.75 Å². The van der Waals surface area contributed by atoms with Crippen molar-refractivity contribution in [2.24, 2.45) is 23.2 Å². The highest BCUT2D eigenvalue weighted by atomic mass is 16.5. The van der Waals surface area contributed by atoms with Gasteiger partial charge in [0.15, 0.2) is 0 Å². The molecule has 1 aromatic rings. The first-order valence-corrected chi connectivity index (χ1v) is 11.7. The average Bonchev–Trinajstić information content (AvgIpc) is 3.21. The van der Waals surface area contributed by atoms with Crippen LogP contribution in [0.15, 0.2) is 24.3 Å². The number of carbonyl (C=O) groups is 2. The van der Waals surface area contributed by atoms with E-state index in [-0.39, 0.29) is 17.4 Å². The van der Waals surface area contributed by atoms with Gasteiger partial charge in [0.25, 0.3) is 0 Å². The lowest BCUT2D eigenvalue weighted by atomic mass is 9.49. The molecule has 5 aliphatic rings. The molecule has 1 atom stereocenters. The van der Waals surface area contributed by atoms with Crippen molar-refractivity contribution in [2.45, 2.75) is 64.0 Å². The second kappa shape index (κ2) is 7.58. The Bertz CT molecular complexity index is 783. The lowest BCUT2D eigenvalue weighted by Gasteiger charge is -2.56. The van der Waals surface area contributed by atoms with Gasteiger partial charge in [-0.05, 0) is 86.8 Å².